The zero-order valence-corrected chi connectivity index (χ0v) is 10.5. The maximum absolute atomic E-state index is 5.91. The van der Waals surface area contributed by atoms with Gasteiger partial charge >= 0.3 is 0 Å². The lowest BCUT2D eigenvalue weighted by Gasteiger charge is -2.41. The first kappa shape index (κ1) is 10.4. The Balaban J connectivity index is 2.05. The van der Waals surface area contributed by atoms with Gasteiger partial charge in [0.15, 0.2) is 11.5 Å². The molecule has 0 saturated heterocycles. The number of nitrogens with two attached hydrogens (primary N) is 1. The molecule has 0 aromatic heterocycles. The van der Waals surface area contributed by atoms with E-state index >= 15 is 0 Å². The summed E-state index contributed by atoms with van der Waals surface area (Å²) in [5.74, 6) is 1.65. The molecular weight excluding hydrogens is 270 g/mol. The van der Waals surface area contributed by atoms with E-state index in [1.54, 1.807) is 0 Å². The minimum Gasteiger partial charge on any atom is -0.454 e. The Morgan fingerprint density at radius 2 is 2.12 bits per heavy atom. The molecule has 1 fully saturated rings. The molecule has 2 N–H and O–H groups in total. The van der Waals surface area contributed by atoms with Crippen molar-refractivity contribution in [2.75, 3.05) is 13.3 Å². The molecule has 86 valence electrons. The SMILES string of the molecule is NCC1(c2cc(Br)c3c(c2)OCO3)CCC1. The highest BCUT2D eigenvalue weighted by Gasteiger charge is 2.38. The quantitative estimate of drug-likeness (QED) is 0.907. The third-order valence-electron chi connectivity index (χ3n) is 3.74. The summed E-state index contributed by atoms with van der Waals surface area (Å²) in [6.07, 6.45) is 3.62. The molecule has 0 spiro atoms. The van der Waals surface area contributed by atoms with Gasteiger partial charge in [0.1, 0.15) is 0 Å². The fraction of sp³-hybridized carbons (Fsp3) is 0.500. The third kappa shape index (κ3) is 1.36. The number of rotatable bonds is 2. The van der Waals surface area contributed by atoms with Crippen molar-refractivity contribution in [1.29, 1.82) is 0 Å². The van der Waals surface area contributed by atoms with Crippen LogP contribution in [0.5, 0.6) is 11.5 Å². The fourth-order valence-corrected chi connectivity index (χ4v) is 3.04. The molecular formula is C12H14BrNO2. The van der Waals surface area contributed by atoms with Gasteiger partial charge in [0.05, 0.1) is 4.47 Å². The van der Waals surface area contributed by atoms with Crippen LogP contribution in [0, 0.1) is 0 Å². The second-order valence-electron chi connectivity index (χ2n) is 4.53. The van der Waals surface area contributed by atoms with Crippen LogP contribution in [-0.2, 0) is 5.41 Å². The smallest absolute Gasteiger partial charge is 0.231 e. The summed E-state index contributed by atoms with van der Waals surface area (Å²) in [5.41, 5.74) is 7.35. The molecule has 1 aromatic carbocycles. The average Bonchev–Trinajstić information content (AvgIpc) is 2.65. The lowest BCUT2D eigenvalue weighted by atomic mass is 9.64. The van der Waals surface area contributed by atoms with Crippen molar-refractivity contribution in [3.05, 3.63) is 22.2 Å². The first-order chi connectivity index (χ1) is 7.75. The Bertz CT molecular complexity index is 424. The summed E-state index contributed by atoms with van der Waals surface area (Å²) in [6.45, 7) is 1.02. The maximum atomic E-state index is 5.91. The minimum absolute atomic E-state index is 0.170. The zero-order valence-electron chi connectivity index (χ0n) is 8.96. The molecule has 1 heterocycles. The van der Waals surface area contributed by atoms with E-state index in [4.69, 9.17) is 15.2 Å². The summed E-state index contributed by atoms with van der Waals surface area (Å²) < 4.78 is 11.8. The van der Waals surface area contributed by atoms with Crippen molar-refractivity contribution < 1.29 is 9.47 Å². The van der Waals surface area contributed by atoms with E-state index in [0.29, 0.717) is 13.3 Å². The highest BCUT2D eigenvalue weighted by atomic mass is 79.9. The molecule has 1 saturated carbocycles. The summed E-state index contributed by atoms with van der Waals surface area (Å²) in [5, 5.41) is 0. The van der Waals surface area contributed by atoms with Crippen molar-refractivity contribution in [3.8, 4) is 11.5 Å². The molecule has 0 amide bonds. The molecule has 16 heavy (non-hydrogen) atoms. The molecule has 0 radical (unpaired) electrons. The lowest BCUT2D eigenvalue weighted by Crippen LogP contribution is -2.41. The van der Waals surface area contributed by atoms with Gasteiger partial charge in [-0.05, 0) is 46.5 Å². The normalized spacial score (nSPS) is 20.6. The maximum Gasteiger partial charge on any atom is 0.231 e. The molecule has 0 bridgehead atoms. The molecule has 0 atom stereocenters. The van der Waals surface area contributed by atoms with E-state index in [9.17, 15) is 0 Å². The number of ether oxygens (including phenoxy) is 2. The Labute approximate surface area is 103 Å². The van der Waals surface area contributed by atoms with E-state index in [1.165, 1.54) is 24.8 Å². The molecule has 1 aromatic rings. The van der Waals surface area contributed by atoms with Crippen LogP contribution in [0.25, 0.3) is 0 Å². The summed E-state index contributed by atoms with van der Waals surface area (Å²) >= 11 is 3.53. The van der Waals surface area contributed by atoms with Crippen LogP contribution in [0.3, 0.4) is 0 Å². The Kier molecular flexibility index (Phi) is 2.37. The highest BCUT2D eigenvalue weighted by molar-refractivity contribution is 9.10. The monoisotopic (exact) mass is 283 g/mol. The molecule has 0 unspecified atom stereocenters. The number of benzene rings is 1. The molecule has 1 aliphatic carbocycles. The van der Waals surface area contributed by atoms with Gasteiger partial charge in [-0.2, -0.15) is 0 Å². The van der Waals surface area contributed by atoms with Crippen LogP contribution in [0.4, 0.5) is 0 Å². The first-order valence-corrected chi connectivity index (χ1v) is 6.34. The molecule has 3 rings (SSSR count). The van der Waals surface area contributed by atoms with E-state index in [0.717, 1.165) is 16.0 Å². The summed E-state index contributed by atoms with van der Waals surface area (Å²) in [7, 11) is 0. The Hall–Kier alpha value is -0.740. The van der Waals surface area contributed by atoms with Gasteiger partial charge in [0.25, 0.3) is 0 Å². The fourth-order valence-electron chi connectivity index (χ4n) is 2.49. The van der Waals surface area contributed by atoms with Crippen molar-refractivity contribution >= 4 is 15.9 Å². The van der Waals surface area contributed by atoms with E-state index < -0.39 is 0 Å². The molecule has 2 aliphatic rings. The van der Waals surface area contributed by atoms with Gasteiger partial charge < -0.3 is 15.2 Å². The largest absolute Gasteiger partial charge is 0.454 e. The lowest BCUT2D eigenvalue weighted by molar-refractivity contribution is 0.173. The third-order valence-corrected chi connectivity index (χ3v) is 4.33. The zero-order chi connectivity index (χ0) is 11.2. The summed E-state index contributed by atoms with van der Waals surface area (Å²) in [6, 6.07) is 4.21. The average molecular weight is 284 g/mol. The van der Waals surface area contributed by atoms with Crippen LogP contribution in [0.2, 0.25) is 0 Å². The number of halogens is 1. The van der Waals surface area contributed by atoms with Crippen molar-refractivity contribution in [2.45, 2.75) is 24.7 Å². The van der Waals surface area contributed by atoms with E-state index in [-0.39, 0.29) is 5.41 Å². The van der Waals surface area contributed by atoms with Crippen LogP contribution < -0.4 is 15.2 Å². The molecule has 1 aliphatic heterocycles. The van der Waals surface area contributed by atoms with Gasteiger partial charge in [-0.3, -0.25) is 0 Å². The van der Waals surface area contributed by atoms with Gasteiger partial charge in [0, 0.05) is 12.0 Å². The predicted octanol–water partition coefficient (Wildman–Crippen LogP) is 2.56. The van der Waals surface area contributed by atoms with Crippen molar-refractivity contribution in [1.82, 2.24) is 0 Å². The van der Waals surface area contributed by atoms with Crippen LogP contribution in [0.1, 0.15) is 24.8 Å². The molecule has 4 heteroatoms. The second kappa shape index (κ2) is 3.64. The number of hydrogen-bond donors (Lipinski definition) is 1. The van der Waals surface area contributed by atoms with Gasteiger partial charge in [0.2, 0.25) is 6.79 Å². The van der Waals surface area contributed by atoms with Gasteiger partial charge in [-0.25, -0.2) is 0 Å². The summed E-state index contributed by atoms with van der Waals surface area (Å²) in [4.78, 5) is 0. The number of fused-ring (bicyclic) bond motifs is 1. The van der Waals surface area contributed by atoms with Crippen molar-refractivity contribution in [3.63, 3.8) is 0 Å². The van der Waals surface area contributed by atoms with E-state index in [2.05, 4.69) is 28.1 Å². The van der Waals surface area contributed by atoms with Gasteiger partial charge in [-0.1, -0.05) is 6.42 Å². The Morgan fingerprint density at radius 1 is 1.31 bits per heavy atom. The van der Waals surface area contributed by atoms with Crippen LogP contribution in [-0.4, -0.2) is 13.3 Å². The Morgan fingerprint density at radius 3 is 2.75 bits per heavy atom. The van der Waals surface area contributed by atoms with Gasteiger partial charge in [-0.15, -0.1) is 0 Å². The van der Waals surface area contributed by atoms with E-state index in [1.807, 2.05) is 0 Å². The first-order valence-electron chi connectivity index (χ1n) is 5.55. The predicted molar refractivity (Wildman–Crippen MR) is 64.8 cm³/mol. The van der Waals surface area contributed by atoms with Crippen LogP contribution >= 0.6 is 15.9 Å². The topological polar surface area (TPSA) is 44.5 Å². The van der Waals surface area contributed by atoms with Crippen LogP contribution in [0.15, 0.2) is 16.6 Å². The highest BCUT2D eigenvalue weighted by Crippen LogP contribution is 2.48. The molecule has 3 nitrogen and oxygen atoms in total. The number of hydrogen-bond acceptors (Lipinski definition) is 3. The van der Waals surface area contributed by atoms with Crippen molar-refractivity contribution in [2.24, 2.45) is 5.73 Å². The second-order valence-corrected chi connectivity index (χ2v) is 5.38. The standard InChI is InChI=1S/C12H14BrNO2/c13-9-4-8(12(6-14)2-1-3-12)5-10-11(9)16-7-15-10/h4-5H,1-3,6-7,14H2. The minimum atomic E-state index is 0.170.